The number of carbonyl (C=O) groups is 1. The maximum Gasteiger partial charge on any atom is 0.129 e. The van der Waals surface area contributed by atoms with E-state index in [0.717, 1.165) is 24.4 Å². The zero-order valence-electron chi connectivity index (χ0n) is 11.8. The molecule has 0 aliphatic rings. The molecule has 0 bridgehead atoms. The van der Waals surface area contributed by atoms with E-state index in [4.69, 9.17) is 4.74 Å². The van der Waals surface area contributed by atoms with Gasteiger partial charge in [0.05, 0.1) is 6.10 Å². The Balaban J connectivity index is 2.48. The fourth-order valence-corrected chi connectivity index (χ4v) is 1.75. The Morgan fingerprint density at radius 1 is 1.28 bits per heavy atom. The second-order valence-electron chi connectivity index (χ2n) is 4.89. The highest BCUT2D eigenvalue weighted by Gasteiger charge is 2.03. The number of rotatable bonds is 7. The van der Waals surface area contributed by atoms with Crippen molar-refractivity contribution in [3.8, 4) is 5.75 Å². The fourth-order valence-electron chi connectivity index (χ4n) is 1.75. The van der Waals surface area contributed by atoms with E-state index in [0.29, 0.717) is 6.42 Å². The maximum absolute atomic E-state index is 10.9. The first-order valence-electron chi connectivity index (χ1n) is 6.46. The summed E-state index contributed by atoms with van der Waals surface area (Å²) in [5.41, 5.74) is 1.15. The van der Waals surface area contributed by atoms with Gasteiger partial charge in [0, 0.05) is 25.7 Å². The minimum atomic E-state index is 0.198. The second-order valence-corrected chi connectivity index (χ2v) is 4.89. The van der Waals surface area contributed by atoms with Crippen molar-refractivity contribution in [3.05, 3.63) is 24.3 Å². The Morgan fingerprint density at radius 3 is 2.39 bits per heavy atom. The molecule has 0 saturated heterocycles. The number of anilines is 1. The highest BCUT2D eigenvalue weighted by molar-refractivity contribution is 5.75. The van der Waals surface area contributed by atoms with Crippen LogP contribution in [-0.2, 0) is 4.79 Å². The molecule has 0 fully saturated rings. The quantitative estimate of drug-likeness (QED) is 0.742. The summed E-state index contributed by atoms with van der Waals surface area (Å²) < 4.78 is 5.60. The van der Waals surface area contributed by atoms with Crippen LogP contribution in [0.5, 0.6) is 5.75 Å². The monoisotopic (exact) mass is 249 g/mol. The smallest absolute Gasteiger partial charge is 0.129 e. The number of carbonyl (C=O) groups excluding carboxylic acids is 1. The summed E-state index contributed by atoms with van der Waals surface area (Å²) in [6, 6.07) is 8.06. The van der Waals surface area contributed by atoms with Crippen LogP contribution in [0.15, 0.2) is 24.3 Å². The lowest BCUT2D eigenvalue weighted by Crippen LogP contribution is -2.19. The Morgan fingerprint density at radius 2 is 1.89 bits per heavy atom. The lowest BCUT2D eigenvalue weighted by molar-refractivity contribution is -0.117. The van der Waals surface area contributed by atoms with Gasteiger partial charge in [0.2, 0.25) is 0 Å². The van der Waals surface area contributed by atoms with Crippen LogP contribution in [0.3, 0.4) is 0 Å². The van der Waals surface area contributed by atoms with Crippen LogP contribution in [0.2, 0.25) is 0 Å². The molecular weight excluding hydrogens is 226 g/mol. The van der Waals surface area contributed by atoms with Crippen LogP contribution >= 0.6 is 0 Å². The Hall–Kier alpha value is -1.51. The van der Waals surface area contributed by atoms with Crippen LogP contribution < -0.4 is 9.64 Å². The molecule has 0 aromatic heterocycles. The molecule has 0 spiro atoms. The van der Waals surface area contributed by atoms with Crippen molar-refractivity contribution in [1.82, 2.24) is 0 Å². The number of nitrogens with zero attached hydrogens (tertiary/aromatic N) is 1. The average molecular weight is 249 g/mol. The van der Waals surface area contributed by atoms with Gasteiger partial charge in [-0.25, -0.2) is 0 Å². The summed E-state index contributed by atoms with van der Waals surface area (Å²) in [5.74, 6) is 1.15. The Bertz CT molecular complexity index is 371. The molecule has 1 rings (SSSR count). The molecule has 0 aliphatic carbocycles. The maximum atomic E-state index is 10.9. The Kier molecular flexibility index (Phi) is 5.69. The highest BCUT2D eigenvalue weighted by atomic mass is 16.5. The predicted octanol–water partition coefficient (Wildman–Crippen LogP) is 3.28. The molecule has 0 amide bonds. The molecule has 100 valence electrons. The van der Waals surface area contributed by atoms with Crippen molar-refractivity contribution in [2.45, 2.75) is 39.7 Å². The summed E-state index contributed by atoms with van der Waals surface area (Å²) in [6.45, 7) is 6.56. The highest BCUT2D eigenvalue weighted by Crippen LogP contribution is 2.19. The van der Waals surface area contributed by atoms with E-state index in [1.807, 2.05) is 45.2 Å². The van der Waals surface area contributed by atoms with Gasteiger partial charge in [0.1, 0.15) is 11.5 Å². The molecule has 0 N–H and O–H groups in total. The zero-order valence-corrected chi connectivity index (χ0v) is 11.8. The largest absolute Gasteiger partial charge is 0.491 e. The van der Waals surface area contributed by atoms with Gasteiger partial charge in [0.15, 0.2) is 0 Å². The van der Waals surface area contributed by atoms with Crippen molar-refractivity contribution in [2.75, 3.05) is 18.5 Å². The standard InChI is InChI=1S/C15H23NO2/c1-12(2)18-15-9-7-14(8-10-15)16(4)11-5-6-13(3)17/h7-10,12H,5-6,11H2,1-4H3. The number of hydrogen-bond acceptors (Lipinski definition) is 3. The first kappa shape index (κ1) is 14.6. The molecule has 0 atom stereocenters. The van der Waals surface area contributed by atoms with E-state index in [1.54, 1.807) is 6.92 Å². The van der Waals surface area contributed by atoms with Gasteiger partial charge in [-0.15, -0.1) is 0 Å². The molecule has 0 heterocycles. The zero-order chi connectivity index (χ0) is 13.5. The summed E-state index contributed by atoms with van der Waals surface area (Å²) in [7, 11) is 2.04. The van der Waals surface area contributed by atoms with Crippen molar-refractivity contribution >= 4 is 11.5 Å². The van der Waals surface area contributed by atoms with Gasteiger partial charge in [-0.05, 0) is 51.5 Å². The lowest BCUT2D eigenvalue weighted by atomic mass is 10.2. The van der Waals surface area contributed by atoms with E-state index < -0.39 is 0 Å². The molecule has 3 nitrogen and oxygen atoms in total. The van der Waals surface area contributed by atoms with E-state index in [9.17, 15) is 4.79 Å². The van der Waals surface area contributed by atoms with Crippen LogP contribution in [0.1, 0.15) is 33.6 Å². The third kappa shape index (κ3) is 5.21. The number of benzene rings is 1. The fraction of sp³-hybridized carbons (Fsp3) is 0.533. The number of hydrogen-bond donors (Lipinski definition) is 0. The molecule has 0 unspecified atom stereocenters. The molecular formula is C15H23NO2. The van der Waals surface area contributed by atoms with Gasteiger partial charge >= 0.3 is 0 Å². The van der Waals surface area contributed by atoms with Gasteiger partial charge in [-0.3, -0.25) is 0 Å². The van der Waals surface area contributed by atoms with Crippen molar-refractivity contribution in [1.29, 1.82) is 0 Å². The van der Waals surface area contributed by atoms with E-state index in [-0.39, 0.29) is 11.9 Å². The minimum Gasteiger partial charge on any atom is -0.491 e. The van der Waals surface area contributed by atoms with Gasteiger partial charge < -0.3 is 14.4 Å². The van der Waals surface area contributed by atoms with Crippen LogP contribution in [0.25, 0.3) is 0 Å². The van der Waals surface area contributed by atoms with E-state index in [2.05, 4.69) is 4.90 Å². The normalized spacial score (nSPS) is 10.5. The van der Waals surface area contributed by atoms with E-state index in [1.165, 1.54) is 0 Å². The first-order valence-corrected chi connectivity index (χ1v) is 6.46. The van der Waals surface area contributed by atoms with Gasteiger partial charge in [-0.1, -0.05) is 0 Å². The summed E-state index contributed by atoms with van der Waals surface area (Å²) in [6.07, 6.45) is 1.75. The van der Waals surface area contributed by atoms with Crippen molar-refractivity contribution in [3.63, 3.8) is 0 Å². The van der Waals surface area contributed by atoms with Crippen LogP contribution in [-0.4, -0.2) is 25.5 Å². The van der Waals surface area contributed by atoms with Crippen LogP contribution in [0.4, 0.5) is 5.69 Å². The molecule has 0 aliphatic heterocycles. The molecule has 1 aromatic carbocycles. The number of ketones is 1. The molecule has 3 heteroatoms. The van der Waals surface area contributed by atoms with Crippen molar-refractivity contribution < 1.29 is 9.53 Å². The molecule has 1 aromatic rings. The van der Waals surface area contributed by atoms with Gasteiger partial charge in [0.25, 0.3) is 0 Å². The third-order valence-electron chi connectivity index (χ3n) is 2.67. The van der Waals surface area contributed by atoms with E-state index >= 15 is 0 Å². The molecule has 18 heavy (non-hydrogen) atoms. The summed E-state index contributed by atoms with van der Waals surface area (Å²) in [5, 5.41) is 0. The minimum absolute atomic E-state index is 0.198. The summed E-state index contributed by atoms with van der Waals surface area (Å²) >= 11 is 0. The SMILES string of the molecule is CC(=O)CCCN(C)c1ccc(OC(C)C)cc1. The predicted molar refractivity (Wildman–Crippen MR) is 75.4 cm³/mol. The lowest BCUT2D eigenvalue weighted by Gasteiger charge is -2.19. The summed E-state index contributed by atoms with van der Waals surface area (Å²) in [4.78, 5) is 13.0. The molecule has 0 saturated carbocycles. The average Bonchev–Trinajstić information content (AvgIpc) is 2.28. The third-order valence-corrected chi connectivity index (χ3v) is 2.67. The van der Waals surface area contributed by atoms with Crippen LogP contribution in [0, 0.1) is 0 Å². The number of Topliss-reactive ketones (excluding diaryl/α,β-unsaturated/α-hetero) is 1. The number of ether oxygens (including phenoxy) is 1. The van der Waals surface area contributed by atoms with Gasteiger partial charge in [-0.2, -0.15) is 0 Å². The first-order chi connectivity index (χ1) is 8.49. The van der Waals surface area contributed by atoms with Crippen molar-refractivity contribution in [2.24, 2.45) is 0 Å². The second kappa shape index (κ2) is 7.04. The molecule has 0 radical (unpaired) electrons. The Labute approximate surface area is 110 Å². The topological polar surface area (TPSA) is 29.5 Å².